The number of alkyl halides is 1. The van der Waals surface area contributed by atoms with E-state index in [2.05, 4.69) is 0 Å². The van der Waals surface area contributed by atoms with Crippen molar-refractivity contribution in [3.8, 4) is 0 Å². The third kappa shape index (κ3) is 2.26. The highest BCUT2D eigenvalue weighted by molar-refractivity contribution is 6.22. The Labute approximate surface area is 98.7 Å². The molecule has 2 rings (SSSR count). The Morgan fingerprint density at radius 2 is 1.94 bits per heavy atom. The number of allylic oxidation sites excluding steroid dienone is 6. The molecule has 1 aliphatic carbocycles. The van der Waals surface area contributed by atoms with Crippen LogP contribution in [0.4, 0.5) is 0 Å². The molecule has 2 atom stereocenters. The minimum Gasteiger partial charge on any atom is -0.465 e. The number of ether oxygens (including phenoxy) is 2. The maximum absolute atomic E-state index is 11.6. The van der Waals surface area contributed by atoms with Gasteiger partial charge in [0.1, 0.15) is 6.10 Å². The highest BCUT2D eigenvalue weighted by Crippen LogP contribution is 2.36. The van der Waals surface area contributed by atoms with Crippen LogP contribution in [0.5, 0.6) is 0 Å². The van der Waals surface area contributed by atoms with Crippen LogP contribution in [-0.2, 0) is 14.3 Å². The summed E-state index contributed by atoms with van der Waals surface area (Å²) >= 11 is 5.81. The second-order valence-electron chi connectivity index (χ2n) is 3.37. The Hall–Kier alpha value is -1.32. The van der Waals surface area contributed by atoms with Crippen molar-refractivity contribution in [2.24, 2.45) is 0 Å². The first-order chi connectivity index (χ1) is 7.74. The van der Waals surface area contributed by atoms with Gasteiger partial charge in [-0.1, -0.05) is 42.0 Å². The number of halogens is 1. The minimum atomic E-state index is -0.384. The zero-order valence-electron chi connectivity index (χ0n) is 8.72. The molecular formula is C12H11ClO3. The smallest absolute Gasteiger partial charge is 0.338 e. The lowest BCUT2D eigenvalue weighted by atomic mass is 10.0. The summed E-state index contributed by atoms with van der Waals surface area (Å²) in [7, 11) is 1.35. The maximum atomic E-state index is 11.6. The van der Waals surface area contributed by atoms with Crippen molar-refractivity contribution in [2.45, 2.75) is 11.7 Å². The molecule has 1 aliphatic heterocycles. The van der Waals surface area contributed by atoms with Gasteiger partial charge in [0.15, 0.2) is 5.56 Å². The summed E-state index contributed by atoms with van der Waals surface area (Å²) < 4.78 is 9.89. The molecule has 4 heteroatoms. The van der Waals surface area contributed by atoms with E-state index in [1.54, 1.807) is 12.2 Å². The fourth-order valence-corrected chi connectivity index (χ4v) is 1.72. The van der Waals surface area contributed by atoms with Gasteiger partial charge in [0, 0.05) is 0 Å². The van der Waals surface area contributed by atoms with E-state index in [4.69, 9.17) is 21.1 Å². The zero-order valence-corrected chi connectivity index (χ0v) is 9.48. The van der Waals surface area contributed by atoms with Crippen LogP contribution in [0.25, 0.3) is 0 Å². The van der Waals surface area contributed by atoms with Crippen LogP contribution in [0.1, 0.15) is 0 Å². The molecule has 0 N–H and O–H groups in total. The highest BCUT2D eigenvalue weighted by Gasteiger charge is 2.42. The summed E-state index contributed by atoms with van der Waals surface area (Å²) in [6, 6.07) is 0. The van der Waals surface area contributed by atoms with Gasteiger partial charge < -0.3 is 9.47 Å². The fraction of sp³-hybridized carbons (Fsp3) is 0.250. The molecule has 2 aliphatic rings. The number of hydrogen-bond donors (Lipinski definition) is 0. The molecule has 0 aromatic heterocycles. The van der Waals surface area contributed by atoms with Crippen LogP contribution in [-0.4, -0.2) is 24.7 Å². The van der Waals surface area contributed by atoms with Crippen molar-refractivity contribution in [1.29, 1.82) is 0 Å². The number of esters is 1. The first-order valence-corrected chi connectivity index (χ1v) is 5.31. The predicted molar refractivity (Wildman–Crippen MR) is 61.0 cm³/mol. The van der Waals surface area contributed by atoms with Crippen molar-refractivity contribution in [2.75, 3.05) is 7.11 Å². The summed E-state index contributed by atoms with van der Waals surface area (Å²) in [5.74, 6) is -0.384. The maximum Gasteiger partial charge on any atom is 0.338 e. The highest BCUT2D eigenvalue weighted by atomic mass is 35.5. The van der Waals surface area contributed by atoms with E-state index in [0.29, 0.717) is 5.57 Å². The van der Waals surface area contributed by atoms with E-state index in [0.717, 1.165) is 5.57 Å². The fourth-order valence-electron chi connectivity index (χ4n) is 1.48. The van der Waals surface area contributed by atoms with E-state index in [1.165, 1.54) is 7.11 Å². The van der Waals surface area contributed by atoms with Gasteiger partial charge in [0.25, 0.3) is 0 Å². The van der Waals surface area contributed by atoms with Gasteiger partial charge in [0.2, 0.25) is 0 Å². The van der Waals surface area contributed by atoms with E-state index in [1.807, 2.05) is 24.3 Å². The molecule has 2 unspecified atom stereocenters. The van der Waals surface area contributed by atoms with E-state index in [-0.39, 0.29) is 17.6 Å². The molecule has 0 spiro atoms. The van der Waals surface area contributed by atoms with Gasteiger partial charge in [-0.2, -0.15) is 0 Å². The van der Waals surface area contributed by atoms with Crippen molar-refractivity contribution in [1.82, 2.24) is 0 Å². The Bertz CT molecular complexity index is 418. The van der Waals surface area contributed by atoms with Crippen molar-refractivity contribution >= 4 is 17.6 Å². The molecule has 3 nitrogen and oxygen atoms in total. The van der Waals surface area contributed by atoms with Gasteiger partial charge in [0.05, 0.1) is 12.7 Å². The predicted octanol–water partition coefficient (Wildman–Crippen LogP) is 2.10. The van der Waals surface area contributed by atoms with Crippen LogP contribution >= 0.6 is 11.6 Å². The third-order valence-electron chi connectivity index (χ3n) is 2.33. The molecular weight excluding hydrogens is 228 g/mol. The molecule has 0 saturated carbocycles. The molecule has 1 fully saturated rings. The molecule has 0 aromatic carbocycles. The summed E-state index contributed by atoms with van der Waals surface area (Å²) in [6.07, 6.45) is 10.6. The Balaban J connectivity index is 2.32. The lowest BCUT2D eigenvalue weighted by Gasteiger charge is -2.07. The summed E-state index contributed by atoms with van der Waals surface area (Å²) in [4.78, 5) is 11.6. The first-order valence-electron chi connectivity index (χ1n) is 4.87. The zero-order chi connectivity index (χ0) is 11.5. The quantitative estimate of drug-likeness (QED) is 0.420. The summed E-state index contributed by atoms with van der Waals surface area (Å²) in [6.45, 7) is 0. The summed E-state index contributed by atoms with van der Waals surface area (Å²) in [5.41, 5.74) is 0.889. The van der Waals surface area contributed by atoms with Crippen LogP contribution < -0.4 is 0 Å². The van der Waals surface area contributed by atoms with Gasteiger partial charge in [-0.25, -0.2) is 4.79 Å². The van der Waals surface area contributed by atoms with Crippen molar-refractivity contribution < 1.29 is 14.3 Å². The number of carbonyl (C=O) groups excluding carboxylic acids is 1. The molecule has 1 heterocycles. The second kappa shape index (κ2) is 4.68. The average molecular weight is 239 g/mol. The van der Waals surface area contributed by atoms with Crippen molar-refractivity contribution in [3.05, 3.63) is 47.6 Å². The van der Waals surface area contributed by atoms with Crippen LogP contribution in [0, 0.1) is 0 Å². The normalized spacial score (nSPS) is 38.1. The number of carbonyl (C=O) groups is 1. The monoisotopic (exact) mass is 238 g/mol. The van der Waals surface area contributed by atoms with Crippen LogP contribution in [0.3, 0.4) is 0 Å². The molecule has 1 saturated heterocycles. The lowest BCUT2D eigenvalue weighted by Crippen LogP contribution is -2.11. The van der Waals surface area contributed by atoms with E-state index >= 15 is 0 Å². The Morgan fingerprint density at radius 3 is 2.50 bits per heavy atom. The minimum absolute atomic E-state index is 0.219. The van der Waals surface area contributed by atoms with Crippen molar-refractivity contribution in [3.63, 3.8) is 0 Å². The number of rotatable bonds is 2. The Morgan fingerprint density at radius 1 is 1.31 bits per heavy atom. The van der Waals surface area contributed by atoms with E-state index in [9.17, 15) is 4.79 Å². The second-order valence-corrected chi connectivity index (χ2v) is 3.80. The average Bonchev–Trinajstić information content (AvgIpc) is 2.94. The van der Waals surface area contributed by atoms with Crippen LogP contribution in [0.15, 0.2) is 47.6 Å². The third-order valence-corrected chi connectivity index (χ3v) is 2.66. The summed E-state index contributed by atoms with van der Waals surface area (Å²) in [5, 5.41) is 0. The van der Waals surface area contributed by atoms with Gasteiger partial charge in [-0.15, -0.1) is 0 Å². The molecule has 0 bridgehead atoms. The molecule has 0 aromatic rings. The van der Waals surface area contributed by atoms with Gasteiger partial charge in [-0.05, 0) is 11.6 Å². The van der Waals surface area contributed by atoms with Gasteiger partial charge in [-0.3, -0.25) is 0 Å². The van der Waals surface area contributed by atoms with Crippen LogP contribution in [0.2, 0.25) is 0 Å². The SMILES string of the molecule is COC(=O)C1=C/C=C\C=C/C=C\1C1OC1Cl. The largest absolute Gasteiger partial charge is 0.465 e. The molecule has 0 radical (unpaired) electrons. The Kier molecular flexibility index (Phi) is 3.27. The number of epoxide rings is 1. The molecule has 16 heavy (non-hydrogen) atoms. The lowest BCUT2D eigenvalue weighted by molar-refractivity contribution is -0.135. The molecule has 0 amide bonds. The standard InChI is InChI=1S/C12H11ClO3/c1-15-12(14)9-7-5-3-2-4-6-8(9)10-11(13)16-10/h2-7,10-11H,1H3/b3-2?,4-2-,5-3-,6-4?,7-5?,8-6+,9-7+,9-8?. The topological polar surface area (TPSA) is 38.8 Å². The molecule has 84 valence electrons. The number of methoxy groups -OCH3 is 1. The van der Waals surface area contributed by atoms with E-state index < -0.39 is 0 Å². The number of hydrogen-bond acceptors (Lipinski definition) is 3. The van der Waals surface area contributed by atoms with Gasteiger partial charge >= 0.3 is 5.97 Å². The first kappa shape index (κ1) is 11.2.